The van der Waals surface area contributed by atoms with E-state index in [1.165, 1.54) is 0 Å². The largest absolute Gasteiger partial charge is 0.471 e. The number of hydrogen-bond acceptors (Lipinski definition) is 4. The van der Waals surface area contributed by atoms with Gasteiger partial charge in [0.2, 0.25) is 5.88 Å². The smallest absolute Gasteiger partial charge is 0.241 e. The van der Waals surface area contributed by atoms with Crippen LogP contribution in [0.15, 0.2) is 30.5 Å². The molecule has 4 heteroatoms. The molecule has 0 aliphatic carbocycles. The standard InChI is InChI=1S/C13H15N3O/c1-2-6-12-10(4-1)8-15-16-13(12)17-11-5-3-7-14-9-11/h1-2,4,6,8,11,14H,3,5,7,9H2. The molecule has 1 aromatic carbocycles. The van der Waals surface area contributed by atoms with Crippen LogP contribution in [-0.4, -0.2) is 29.4 Å². The first-order valence-corrected chi connectivity index (χ1v) is 6.01. The molecule has 1 fully saturated rings. The summed E-state index contributed by atoms with van der Waals surface area (Å²) in [5.74, 6) is 0.650. The number of rotatable bonds is 2. The van der Waals surface area contributed by atoms with Crippen molar-refractivity contribution in [2.75, 3.05) is 13.1 Å². The van der Waals surface area contributed by atoms with Crippen LogP contribution in [0.4, 0.5) is 0 Å². The van der Waals surface area contributed by atoms with E-state index in [1.54, 1.807) is 6.20 Å². The van der Waals surface area contributed by atoms with E-state index in [0.29, 0.717) is 5.88 Å². The molecule has 1 aliphatic rings. The van der Waals surface area contributed by atoms with Crippen molar-refractivity contribution in [2.24, 2.45) is 0 Å². The van der Waals surface area contributed by atoms with Crippen LogP contribution in [0.5, 0.6) is 5.88 Å². The Hall–Kier alpha value is -1.68. The van der Waals surface area contributed by atoms with Gasteiger partial charge >= 0.3 is 0 Å². The maximum atomic E-state index is 5.93. The van der Waals surface area contributed by atoms with Crippen molar-refractivity contribution in [1.82, 2.24) is 15.5 Å². The van der Waals surface area contributed by atoms with E-state index in [4.69, 9.17) is 4.74 Å². The van der Waals surface area contributed by atoms with Crippen molar-refractivity contribution in [1.29, 1.82) is 0 Å². The molecule has 1 saturated heterocycles. The number of benzene rings is 1. The van der Waals surface area contributed by atoms with Gasteiger partial charge in [-0.1, -0.05) is 18.2 Å². The lowest BCUT2D eigenvalue weighted by molar-refractivity contribution is 0.161. The number of hydrogen-bond donors (Lipinski definition) is 1. The SMILES string of the molecule is c1ccc2c(OC3CCCNC3)nncc2c1. The normalized spacial score (nSPS) is 20.4. The van der Waals surface area contributed by atoms with Crippen LogP contribution in [0.1, 0.15) is 12.8 Å². The first-order chi connectivity index (χ1) is 8.43. The maximum Gasteiger partial charge on any atom is 0.241 e. The predicted octanol–water partition coefficient (Wildman–Crippen LogP) is 1.76. The van der Waals surface area contributed by atoms with Gasteiger partial charge < -0.3 is 10.1 Å². The van der Waals surface area contributed by atoms with Crippen LogP contribution in [-0.2, 0) is 0 Å². The molecule has 1 N–H and O–H groups in total. The van der Waals surface area contributed by atoms with Gasteiger partial charge in [-0.15, -0.1) is 5.10 Å². The molecule has 3 rings (SSSR count). The van der Waals surface area contributed by atoms with Gasteiger partial charge in [0.1, 0.15) is 6.10 Å². The predicted molar refractivity (Wildman–Crippen MR) is 66.1 cm³/mol. The molecular weight excluding hydrogens is 214 g/mol. The molecule has 1 unspecified atom stereocenters. The first-order valence-electron chi connectivity index (χ1n) is 6.01. The van der Waals surface area contributed by atoms with Crippen LogP contribution in [0.3, 0.4) is 0 Å². The summed E-state index contributed by atoms with van der Waals surface area (Å²) in [4.78, 5) is 0. The molecule has 0 bridgehead atoms. The Morgan fingerprint density at radius 1 is 1.29 bits per heavy atom. The molecule has 0 radical (unpaired) electrons. The number of nitrogens with one attached hydrogen (secondary N) is 1. The van der Waals surface area contributed by atoms with Crippen molar-refractivity contribution in [3.8, 4) is 5.88 Å². The average molecular weight is 229 g/mol. The number of piperidine rings is 1. The molecule has 1 aromatic heterocycles. The Morgan fingerprint density at radius 2 is 2.24 bits per heavy atom. The minimum Gasteiger partial charge on any atom is -0.471 e. The van der Waals surface area contributed by atoms with Crippen molar-refractivity contribution < 1.29 is 4.74 Å². The van der Waals surface area contributed by atoms with Gasteiger partial charge in [-0.25, -0.2) is 0 Å². The third-order valence-electron chi connectivity index (χ3n) is 3.07. The molecule has 1 aliphatic heterocycles. The zero-order valence-corrected chi connectivity index (χ0v) is 9.60. The fraction of sp³-hybridized carbons (Fsp3) is 0.385. The topological polar surface area (TPSA) is 47.0 Å². The summed E-state index contributed by atoms with van der Waals surface area (Å²) in [6.45, 7) is 1.98. The first kappa shape index (κ1) is 10.5. The summed E-state index contributed by atoms with van der Waals surface area (Å²) in [7, 11) is 0. The lowest BCUT2D eigenvalue weighted by Crippen LogP contribution is -2.37. The highest BCUT2D eigenvalue weighted by molar-refractivity contribution is 5.85. The van der Waals surface area contributed by atoms with E-state index in [-0.39, 0.29) is 6.10 Å². The van der Waals surface area contributed by atoms with Crippen LogP contribution in [0.25, 0.3) is 10.8 Å². The number of ether oxygens (including phenoxy) is 1. The van der Waals surface area contributed by atoms with Crippen molar-refractivity contribution in [2.45, 2.75) is 18.9 Å². The number of nitrogens with zero attached hydrogens (tertiary/aromatic N) is 2. The van der Waals surface area contributed by atoms with Gasteiger partial charge in [0.25, 0.3) is 0 Å². The van der Waals surface area contributed by atoms with E-state index in [9.17, 15) is 0 Å². The molecular formula is C13H15N3O. The molecule has 4 nitrogen and oxygen atoms in total. The summed E-state index contributed by atoms with van der Waals surface area (Å²) in [5, 5.41) is 13.5. The zero-order valence-electron chi connectivity index (χ0n) is 9.60. The van der Waals surface area contributed by atoms with Gasteiger partial charge in [-0.2, -0.15) is 5.10 Å². The summed E-state index contributed by atoms with van der Waals surface area (Å²) in [5.41, 5.74) is 0. The molecule has 2 aromatic rings. The van der Waals surface area contributed by atoms with Gasteiger partial charge in [0.05, 0.1) is 6.20 Å². The Bertz CT molecular complexity index is 503. The van der Waals surface area contributed by atoms with E-state index in [1.807, 2.05) is 24.3 Å². The number of fused-ring (bicyclic) bond motifs is 1. The van der Waals surface area contributed by atoms with Crippen LogP contribution < -0.4 is 10.1 Å². The molecule has 88 valence electrons. The van der Waals surface area contributed by atoms with Gasteiger partial charge in [-0.3, -0.25) is 0 Å². The Morgan fingerprint density at radius 3 is 3.12 bits per heavy atom. The third-order valence-corrected chi connectivity index (χ3v) is 3.07. The second-order valence-electron chi connectivity index (χ2n) is 4.32. The molecule has 1 atom stereocenters. The van der Waals surface area contributed by atoms with E-state index < -0.39 is 0 Å². The van der Waals surface area contributed by atoms with Gasteiger partial charge in [-0.05, 0) is 25.5 Å². The maximum absolute atomic E-state index is 5.93. The Balaban J connectivity index is 1.89. The third kappa shape index (κ3) is 2.22. The van der Waals surface area contributed by atoms with E-state index in [0.717, 1.165) is 36.7 Å². The number of aromatic nitrogens is 2. The highest BCUT2D eigenvalue weighted by Crippen LogP contribution is 2.23. The minimum absolute atomic E-state index is 0.212. The molecule has 0 spiro atoms. The Kier molecular flexibility index (Phi) is 2.88. The summed E-state index contributed by atoms with van der Waals surface area (Å²) in [6.07, 6.45) is 4.21. The fourth-order valence-electron chi connectivity index (χ4n) is 2.17. The summed E-state index contributed by atoms with van der Waals surface area (Å²) < 4.78 is 5.93. The Labute approximate surface area is 100 Å². The lowest BCUT2D eigenvalue weighted by atomic mass is 10.1. The monoisotopic (exact) mass is 229 g/mol. The van der Waals surface area contributed by atoms with Gasteiger partial charge in [0.15, 0.2) is 0 Å². The molecule has 17 heavy (non-hydrogen) atoms. The van der Waals surface area contributed by atoms with Crippen molar-refractivity contribution in [3.05, 3.63) is 30.5 Å². The zero-order chi connectivity index (χ0) is 11.5. The summed E-state index contributed by atoms with van der Waals surface area (Å²) >= 11 is 0. The van der Waals surface area contributed by atoms with Crippen molar-refractivity contribution >= 4 is 10.8 Å². The molecule has 2 heterocycles. The highest BCUT2D eigenvalue weighted by Gasteiger charge is 2.16. The van der Waals surface area contributed by atoms with E-state index >= 15 is 0 Å². The van der Waals surface area contributed by atoms with Gasteiger partial charge in [0, 0.05) is 17.3 Å². The molecule has 0 saturated carbocycles. The minimum atomic E-state index is 0.212. The summed E-state index contributed by atoms with van der Waals surface area (Å²) in [6, 6.07) is 8.04. The fourth-order valence-corrected chi connectivity index (χ4v) is 2.17. The van der Waals surface area contributed by atoms with Crippen LogP contribution in [0.2, 0.25) is 0 Å². The second kappa shape index (κ2) is 4.67. The van der Waals surface area contributed by atoms with Crippen LogP contribution >= 0.6 is 0 Å². The average Bonchev–Trinajstić information content (AvgIpc) is 2.40. The second-order valence-corrected chi connectivity index (χ2v) is 4.32. The van der Waals surface area contributed by atoms with E-state index in [2.05, 4.69) is 15.5 Å². The quantitative estimate of drug-likeness (QED) is 0.852. The van der Waals surface area contributed by atoms with Crippen molar-refractivity contribution in [3.63, 3.8) is 0 Å². The lowest BCUT2D eigenvalue weighted by Gasteiger charge is -2.23. The highest BCUT2D eigenvalue weighted by atomic mass is 16.5. The molecule has 0 amide bonds. The van der Waals surface area contributed by atoms with Crippen LogP contribution in [0, 0.1) is 0 Å².